The van der Waals surface area contributed by atoms with Gasteiger partial charge in [-0.15, -0.1) is 24.8 Å². The summed E-state index contributed by atoms with van der Waals surface area (Å²) < 4.78 is 68.2. The predicted octanol–water partition coefficient (Wildman–Crippen LogP) is 4.36. The predicted molar refractivity (Wildman–Crippen MR) is 58.8 cm³/mol. The average molecular weight is 305 g/mol. The summed E-state index contributed by atoms with van der Waals surface area (Å²) in [7, 11) is 0. The summed E-state index contributed by atoms with van der Waals surface area (Å²) in [5.41, 5.74) is 0.488. The zero-order valence-electron chi connectivity index (χ0n) is 9.52. The highest BCUT2D eigenvalue weighted by molar-refractivity contribution is 6.17. The molecule has 0 aliphatic rings. The molecule has 19 heavy (non-hydrogen) atoms. The number of rotatable bonds is 6. The number of halogens is 6. The minimum absolute atomic E-state index is 0.338. The summed E-state index contributed by atoms with van der Waals surface area (Å²) in [6.45, 7) is -3.23. The maximum absolute atomic E-state index is 12.2. The van der Waals surface area contributed by atoms with Crippen LogP contribution >= 0.6 is 11.6 Å². The molecule has 108 valence electrons. The SMILES string of the molecule is FC(F)Oc1ccc(CCCCl)cc1OC(F)(F)F. The van der Waals surface area contributed by atoms with Gasteiger partial charge < -0.3 is 9.47 Å². The Morgan fingerprint density at radius 1 is 1.16 bits per heavy atom. The maximum Gasteiger partial charge on any atom is 0.573 e. The molecule has 0 aromatic heterocycles. The Hall–Kier alpha value is -1.24. The van der Waals surface area contributed by atoms with Crippen molar-refractivity contribution in [3.63, 3.8) is 0 Å². The molecule has 0 saturated heterocycles. The molecule has 0 fully saturated rings. The first-order valence-electron chi connectivity index (χ1n) is 5.21. The highest BCUT2D eigenvalue weighted by Gasteiger charge is 2.33. The van der Waals surface area contributed by atoms with Crippen molar-refractivity contribution < 1.29 is 31.4 Å². The van der Waals surface area contributed by atoms with E-state index in [1.165, 1.54) is 6.07 Å². The van der Waals surface area contributed by atoms with E-state index in [0.717, 1.165) is 12.1 Å². The lowest BCUT2D eigenvalue weighted by molar-refractivity contribution is -0.275. The van der Waals surface area contributed by atoms with Crippen molar-refractivity contribution in [3.8, 4) is 11.5 Å². The minimum atomic E-state index is -4.98. The van der Waals surface area contributed by atoms with Crippen LogP contribution in [0.3, 0.4) is 0 Å². The van der Waals surface area contributed by atoms with Gasteiger partial charge in [-0.1, -0.05) is 6.07 Å². The third kappa shape index (κ3) is 5.96. The molecule has 0 aliphatic carbocycles. The van der Waals surface area contributed by atoms with Crippen LogP contribution < -0.4 is 9.47 Å². The zero-order valence-corrected chi connectivity index (χ0v) is 10.3. The molecule has 0 unspecified atom stereocenters. The van der Waals surface area contributed by atoms with Crippen molar-refractivity contribution in [3.05, 3.63) is 23.8 Å². The van der Waals surface area contributed by atoms with Crippen LogP contribution in [-0.2, 0) is 6.42 Å². The van der Waals surface area contributed by atoms with E-state index in [1.54, 1.807) is 0 Å². The number of benzene rings is 1. The molecule has 0 heterocycles. The van der Waals surface area contributed by atoms with E-state index >= 15 is 0 Å². The van der Waals surface area contributed by atoms with Crippen LogP contribution in [0.15, 0.2) is 18.2 Å². The van der Waals surface area contributed by atoms with Crippen molar-refractivity contribution in [1.29, 1.82) is 0 Å². The van der Waals surface area contributed by atoms with Crippen LogP contribution in [0.5, 0.6) is 11.5 Å². The Morgan fingerprint density at radius 3 is 2.37 bits per heavy atom. The minimum Gasteiger partial charge on any atom is -0.431 e. The summed E-state index contributed by atoms with van der Waals surface area (Å²) in [6.07, 6.45) is -4.03. The Labute approximate surface area is 111 Å². The van der Waals surface area contributed by atoms with Crippen LogP contribution in [0.2, 0.25) is 0 Å². The van der Waals surface area contributed by atoms with E-state index in [-0.39, 0.29) is 0 Å². The van der Waals surface area contributed by atoms with Gasteiger partial charge in [0.05, 0.1) is 0 Å². The van der Waals surface area contributed by atoms with E-state index in [2.05, 4.69) is 9.47 Å². The van der Waals surface area contributed by atoms with Crippen LogP contribution in [0.25, 0.3) is 0 Å². The van der Waals surface area contributed by atoms with Gasteiger partial charge in [-0.3, -0.25) is 0 Å². The van der Waals surface area contributed by atoms with Crippen LogP contribution in [0, 0.1) is 0 Å². The maximum atomic E-state index is 12.2. The van der Waals surface area contributed by atoms with E-state index in [0.29, 0.717) is 24.3 Å². The summed E-state index contributed by atoms with van der Waals surface area (Å²) in [4.78, 5) is 0. The molecular formula is C11H10ClF5O2. The lowest BCUT2D eigenvalue weighted by atomic mass is 10.1. The van der Waals surface area contributed by atoms with Crippen molar-refractivity contribution in [2.24, 2.45) is 0 Å². The smallest absolute Gasteiger partial charge is 0.431 e. The van der Waals surface area contributed by atoms with Crippen molar-refractivity contribution in [1.82, 2.24) is 0 Å². The van der Waals surface area contributed by atoms with Gasteiger partial charge in [0.15, 0.2) is 11.5 Å². The molecule has 0 radical (unpaired) electrons. The van der Waals surface area contributed by atoms with Crippen LogP contribution in [-0.4, -0.2) is 18.9 Å². The van der Waals surface area contributed by atoms with Gasteiger partial charge in [-0.25, -0.2) is 0 Å². The first kappa shape index (κ1) is 15.8. The number of aryl methyl sites for hydroxylation is 1. The molecule has 1 aromatic rings. The topological polar surface area (TPSA) is 18.5 Å². The fraction of sp³-hybridized carbons (Fsp3) is 0.455. The molecular weight excluding hydrogens is 295 g/mol. The Bertz CT molecular complexity index is 409. The highest BCUT2D eigenvalue weighted by atomic mass is 35.5. The van der Waals surface area contributed by atoms with Crippen molar-refractivity contribution in [2.75, 3.05) is 5.88 Å². The molecule has 0 amide bonds. The largest absolute Gasteiger partial charge is 0.573 e. The third-order valence-electron chi connectivity index (χ3n) is 2.05. The molecule has 0 aliphatic heterocycles. The molecule has 0 spiro atoms. The lowest BCUT2D eigenvalue weighted by Gasteiger charge is -2.14. The quantitative estimate of drug-likeness (QED) is 0.574. The lowest BCUT2D eigenvalue weighted by Crippen LogP contribution is -2.18. The molecule has 0 N–H and O–H groups in total. The van der Waals surface area contributed by atoms with Gasteiger partial charge in [0.25, 0.3) is 0 Å². The van der Waals surface area contributed by atoms with Crippen LogP contribution in [0.4, 0.5) is 22.0 Å². The second kappa shape index (κ2) is 6.79. The number of hydrogen-bond donors (Lipinski definition) is 0. The van der Waals surface area contributed by atoms with E-state index in [4.69, 9.17) is 11.6 Å². The molecule has 1 aromatic carbocycles. The highest BCUT2D eigenvalue weighted by Crippen LogP contribution is 2.34. The molecule has 1 rings (SSSR count). The van der Waals surface area contributed by atoms with Gasteiger partial charge in [0.1, 0.15) is 0 Å². The molecule has 0 atom stereocenters. The number of ether oxygens (including phenoxy) is 2. The molecule has 0 bridgehead atoms. The second-order valence-corrected chi connectivity index (χ2v) is 3.88. The fourth-order valence-electron chi connectivity index (χ4n) is 1.38. The van der Waals surface area contributed by atoms with E-state index in [1.807, 2.05) is 0 Å². The second-order valence-electron chi connectivity index (χ2n) is 3.50. The Kier molecular flexibility index (Phi) is 5.65. The third-order valence-corrected chi connectivity index (χ3v) is 2.32. The standard InChI is InChI=1S/C11H10ClF5O2/c12-5-1-2-7-3-4-8(18-10(13)14)9(6-7)19-11(15,16)17/h3-4,6,10H,1-2,5H2. The normalized spacial score (nSPS) is 11.7. The van der Waals surface area contributed by atoms with Crippen LogP contribution in [0.1, 0.15) is 12.0 Å². The van der Waals surface area contributed by atoms with Gasteiger partial charge in [0, 0.05) is 5.88 Å². The zero-order chi connectivity index (χ0) is 14.5. The van der Waals surface area contributed by atoms with Gasteiger partial charge in [-0.05, 0) is 30.5 Å². The Morgan fingerprint density at radius 2 is 1.84 bits per heavy atom. The monoisotopic (exact) mass is 304 g/mol. The fourth-order valence-corrected chi connectivity index (χ4v) is 1.51. The first-order valence-corrected chi connectivity index (χ1v) is 5.74. The first-order chi connectivity index (χ1) is 8.81. The van der Waals surface area contributed by atoms with Gasteiger partial charge in [0.2, 0.25) is 0 Å². The van der Waals surface area contributed by atoms with Gasteiger partial charge >= 0.3 is 13.0 Å². The van der Waals surface area contributed by atoms with E-state index < -0.39 is 24.5 Å². The molecule has 0 saturated carbocycles. The average Bonchev–Trinajstić information content (AvgIpc) is 2.27. The molecule has 8 heteroatoms. The number of hydrogen-bond acceptors (Lipinski definition) is 2. The summed E-state index contributed by atoms with van der Waals surface area (Å²) in [5, 5.41) is 0. The van der Waals surface area contributed by atoms with E-state index in [9.17, 15) is 22.0 Å². The summed E-state index contributed by atoms with van der Waals surface area (Å²) in [5.74, 6) is -1.12. The number of alkyl halides is 6. The summed E-state index contributed by atoms with van der Waals surface area (Å²) >= 11 is 5.46. The molecule has 2 nitrogen and oxygen atoms in total. The van der Waals surface area contributed by atoms with Crippen molar-refractivity contribution in [2.45, 2.75) is 25.8 Å². The summed E-state index contributed by atoms with van der Waals surface area (Å²) in [6, 6.07) is 3.40. The Balaban J connectivity index is 2.96. The van der Waals surface area contributed by atoms with Crippen molar-refractivity contribution >= 4 is 11.6 Å². The van der Waals surface area contributed by atoms with Gasteiger partial charge in [-0.2, -0.15) is 8.78 Å².